The normalized spacial score (nSPS) is 21.7. The van der Waals surface area contributed by atoms with E-state index in [4.69, 9.17) is 4.74 Å². The van der Waals surface area contributed by atoms with Crippen molar-refractivity contribution in [1.82, 2.24) is 9.88 Å². The first kappa shape index (κ1) is 9.40. The summed E-state index contributed by atoms with van der Waals surface area (Å²) < 4.78 is 18.3. The van der Waals surface area contributed by atoms with Crippen LogP contribution in [0.25, 0.3) is 0 Å². The number of likely N-dealkylation sites (tertiary alicyclic amines) is 1. The predicted octanol–water partition coefficient (Wildman–Crippen LogP) is 1.30. The molecule has 0 amide bonds. The van der Waals surface area contributed by atoms with E-state index in [0.29, 0.717) is 12.6 Å². The van der Waals surface area contributed by atoms with Crippen molar-refractivity contribution >= 4 is 0 Å². The van der Waals surface area contributed by atoms with Gasteiger partial charge < -0.3 is 4.74 Å². The maximum atomic E-state index is 13.0. The number of halogens is 1. The molecule has 1 fully saturated rings. The van der Waals surface area contributed by atoms with E-state index >= 15 is 0 Å². The van der Waals surface area contributed by atoms with Gasteiger partial charge >= 0.3 is 0 Å². The smallest absolute Gasteiger partial charge is 0.255 e. The molecule has 4 heteroatoms. The van der Waals surface area contributed by atoms with Crippen LogP contribution in [0.2, 0.25) is 0 Å². The van der Waals surface area contributed by atoms with E-state index in [1.54, 1.807) is 12.1 Å². The molecule has 0 aliphatic carbocycles. The van der Waals surface area contributed by atoms with Gasteiger partial charge in [0.05, 0.1) is 0 Å². The number of pyridine rings is 1. The first-order chi connectivity index (χ1) is 6.77. The lowest BCUT2D eigenvalue weighted by Crippen LogP contribution is -2.48. The van der Waals surface area contributed by atoms with Crippen LogP contribution < -0.4 is 4.74 Å². The van der Waals surface area contributed by atoms with Crippen molar-refractivity contribution in [2.24, 2.45) is 0 Å². The topological polar surface area (TPSA) is 25.4 Å². The van der Waals surface area contributed by atoms with Crippen molar-refractivity contribution < 1.29 is 9.13 Å². The molecule has 1 saturated heterocycles. The number of hydrogen-bond acceptors (Lipinski definition) is 3. The van der Waals surface area contributed by atoms with Gasteiger partial charge in [-0.15, -0.1) is 0 Å². The van der Waals surface area contributed by atoms with Crippen molar-refractivity contribution in [3.05, 3.63) is 24.3 Å². The molecule has 0 saturated carbocycles. The fourth-order valence-electron chi connectivity index (χ4n) is 1.45. The molecule has 1 aliphatic rings. The van der Waals surface area contributed by atoms with Crippen molar-refractivity contribution in [2.45, 2.75) is 12.5 Å². The third-order valence-electron chi connectivity index (χ3n) is 2.59. The second kappa shape index (κ2) is 3.92. The fourth-order valence-corrected chi connectivity index (χ4v) is 1.45. The highest BCUT2D eigenvalue weighted by Crippen LogP contribution is 2.18. The Morgan fingerprint density at radius 1 is 1.71 bits per heavy atom. The molecule has 3 nitrogen and oxygen atoms in total. The monoisotopic (exact) mass is 196 g/mol. The van der Waals surface area contributed by atoms with Gasteiger partial charge in [0.2, 0.25) is 0 Å². The van der Waals surface area contributed by atoms with Gasteiger partial charge in [0.1, 0.15) is 6.61 Å². The van der Waals surface area contributed by atoms with Crippen molar-refractivity contribution in [2.75, 3.05) is 20.2 Å². The Bertz CT molecular complexity index is 319. The molecule has 1 aromatic heterocycles. The lowest BCUT2D eigenvalue weighted by Gasteiger charge is -2.37. The molecule has 14 heavy (non-hydrogen) atoms. The van der Waals surface area contributed by atoms with Crippen molar-refractivity contribution in [1.29, 1.82) is 0 Å². The molecule has 0 N–H and O–H groups in total. The molecule has 0 aromatic carbocycles. The van der Waals surface area contributed by atoms with Gasteiger partial charge in [-0.05, 0) is 32.1 Å². The van der Waals surface area contributed by atoms with Gasteiger partial charge in [0.15, 0.2) is 5.75 Å². The molecule has 2 heterocycles. The first-order valence-corrected chi connectivity index (χ1v) is 4.71. The highest BCUT2D eigenvalue weighted by Gasteiger charge is 2.24. The van der Waals surface area contributed by atoms with Crippen LogP contribution in [0.5, 0.6) is 5.75 Å². The number of rotatable bonds is 3. The summed E-state index contributed by atoms with van der Waals surface area (Å²) in [7, 11) is 2.04. The van der Waals surface area contributed by atoms with Crippen LogP contribution in [0.4, 0.5) is 4.39 Å². The Morgan fingerprint density at radius 3 is 3.14 bits per heavy atom. The summed E-state index contributed by atoms with van der Waals surface area (Å²) in [5.41, 5.74) is 0. The van der Waals surface area contributed by atoms with Gasteiger partial charge in [-0.25, -0.2) is 4.98 Å². The molecular formula is C10H13FN2O. The van der Waals surface area contributed by atoms with Gasteiger partial charge in [0, 0.05) is 12.2 Å². The number of hydrogen-bond donors (Lipinski definition) is 0. The standard InChI is InChI=1S/C10H13FN2O/c1-13-6-4-8(13)7-14-9-3-2-5-12-10(9)11/h2-3,5,8H,4,6-7H2,1H3. The second-order valence-electron chi connectivity index (χ2n) is 3.53. The molecule has 0 spiro atoms. The summed E-state index contributed by atoms with van der Waals surface area (Å²) in [5.74, 6) is -0.290. The number of ether oxygens (including phenoxy) is 1. The average Bonchev–Trinajstić information content (AvgIpc) is 2.19. The van der Waals surface area contributed by atoms with Gasteiger partial charge in [-0.1, -0.05) is 0 Å². The minimum Gasteiger partial charge on any atom is -0.487 e. The third kappa shape index (κ3) is 1.85. The van der Waals surface area contributed by atoms with Crippen LogP contribution in [-0.2, 0) is 0 Å². The van der Waals surface area contributed by atoms with E-state index in [2.05, 4.69) is 9.88 Å². The summed E-state index contributed by atoms with van der Waals surface area (Å²) in [6, 6.07) is 3.69. The van der Waals surface area contributed by atoms with Crippen molar-refractivity contribution in [3.8, 4) is 5.75 Å². The lowest BCUT2D eigenvalue weighted by molar-refractivity contribution is 0.0749. The molecule has 1 aliphatic heterocycles. The minimum absolute atomic E-state index is 0.243. The predicted molar refractivity (Wildman–Crippen MR) is 50.7 cm³/mol. The van der Waals surface area contributed by atoms with Crippen LogP contribution >= 0.6 is 0 Å². The molecule has 76 valence electrons. The largest absolute Gasteiger partial charge is 0.487 e. The minimum atomic E-state index is -0.533. The Kier molecular flexibility index (Phi) is 2.63. The van der Waals surface area contributed by atoms with Crippen LogP contribution in [-0.4, -0.2) is 36.1 Å². The second-order valence-corrected chi connectivity index (χ2v) is 3.53. The molecule has 0 radical (unpaired) electrons. The van der Waals surface area contributed by atoms with E-state index in [1.165, 1.54) is 6.20 Å². The SMILES string of the molecule is CN1CCC1COc1cccnc1F. The zero-order chi connectivity index (χ0) is 9.97. The Morgan fingerprint density at radius 2 is 2.57 bits per heavy atom. The number of nitrogens with zero attached hydrogens (tertiary/aromatic N) is 2. The van der Waals surface area contributed by atoms with Crippen molar-refractivity contribution in [3.63, 3.8) is 0 Å². The van der Waals surface area contributed by atoms with E-state index < -0.39 is 5.95 Å². The average molecular weight is 196 g/mol. The summed E-state index contributed by atoms with van der Waals surface area (Å²) in [5, 5.41) is 0. The van der Waals surface area contributed by atoms with Gasteiger partial charge in [0.25, 0.3) is 5.95 Å². The van der Waals surface area contributed by atoms with Gasteiger partial charge in [-0.2, -0.15) is 4.39 Å². The fraction of sp³-hybridized carbons (Fsp3) is 0.500. The summed E-state index contributed by atoms with van der Waals surface area (Å²) in [4.78, 5) is 5.70. The van der Waals surface area contributed by atoms with Crippen LogP contribution in [0.1, 0.15) is 6.42 Å². The zero-order valence-corrected chi connectivity index (χ0v) is 8.11. The Labute approximate surface area is 82.5 Å². The van der Waals surface area contributed by atoms with E-state index in [9.17, 15) is 4.39 Å². The van der Waals surface area contributed by atoms with Crippen LogP contribution in [0.15, 0.2) is 18.3 Å². The van der Waals surface area contributed by atoms with Crippen LogP contribution in [0, 0.1) is 5.95 Å². The van der Waals surface area contributed by atoms with Gasteiger partial charge in [-0.3, -0.25) is 4.90 Å². The molecule has 0 bridgehead atoms. The molecule has 1 aromatic rings. The number of aromatic nitrogens is 1. The van der Waals surface area contributed by atoms with E-state index in [-0.39, 0.29) is 5.75 Å². The third-order valence-corrected chi connectivity index (χ3v) is 2.59. The Balaban J connectivity index is 1.88. The summed E-state index contributed by atoms with van der Waals surface area (Å²) >= 11 is 0. The highest BCUT2D eigenvalue weighted by molar-refractivity contribution is 5.17. The quantitative estimate of drug-likeness (QED) is 0.681. The lowest BCUT2D eigenvalue weighted by atomic mass is 10.1. The maximum Gasteiger partial charge on any atom is 0.255 e. The van der Waals surface area contributed by atoms with Crippen LogP contribution in [0.3, 0.4) is 0 Å². The van der Waals surface area contributed by atoms with E-state index in [1.807, 2.05) is 7.05 Å². The zero-order valence-electron chi connectivity index (χ0n) is 8.11. The summed E-state index contributed by atoms with van der Waals surface area (Å²) in [6.45, 7) is 1.64. The summed E-state index contributed by atoms with van der Waals surface area (Å²) in [6.07, 6.45) is 2.54. The first-order valence-electron chi connectivity index (χ1n) is 4.71. The molecular weight excluding hydrogens is 183 g/mol. The Hall–Kier alpha value is -1.16. The molecule has 2 rings (SSSR count). The van der Waals surface area contributed by atoms with E-state index in [0.717, 1.165) is 13.0 Å². The highest BCUT2D eigenvalue weighted by atomic mass is 19.1. The maximum absolute atomic E-state index is 13.0. The number of likely N-dealkylation sites (N-methyl/N-ethyl adjacent to an activating group) is 1. The molecule has 1 atom stereocenters. The molecule has 1 unspecified atom stereocenters.